The van der Waals surface area contributed by atoms with Crippen LogP contribution in [-0.4, -0.2) is 35.4 Å². The Morgan fingerprint density at radius 3 is 2.30 bits per heavy atom. The smallest absolute Gasteiger partial charge is 0.300 e. The molecular weight excluding hydrogens is 476 g/mol. The van der Waals surface area contributed by atoms with Gasteiger partial charge in [-0.1, -0.05) is 12.1 Å². The highest BCUT2D eigenvalue weighted by molar-refractivity contribution is 6.51. The molecule has 0 spiro atoms. The van der Waals surface area contributed by atoms with Crippen molar-refractivity contribution in [1.29, 1.82) is 0 Å². The number of methoxy groups -OCH3 is 1. The molecule has 1 N–H and O–H groups in total. The van der Waals surface area contributed by atoms with Crippen LogP contribution in [0.5, 0.6) is 11.5 Å². The summed E-state index contributed by atoms with van der Waals surface area (Å²) in [5.41, 5.74) is 2.83. The Morgan fingerprint density at radius 2 is 1.70 bits per heavy atom. The first kappa shape index (κ1) is 25.4. The Labute approximate surface area is 213 Å². The Bertz CT molecular complexity index is 1430. The van der Waals surface area contributed by atoms with Gasteiger partial charge < -0.3 is 14.6 Å². The largest absolute Gasteiger partial charge is 0.507 e. The lowest BCUT2D eigenvalue weighted by molar-refractivity contribution is -0.384. The van der Waals surface area contributed by atoms with Crippen LogP contribution in [0, 0.1) is 24.0 Å². The van der Waals surface area contributed by atoms with Crippen LogP contribution in [0.2, 0.25) is 0 Å². The zero-order chi connectivity index (χ0) is 26.9. The number of aliphatic hydroxyl groups is 1. The molecule has 1 heterocycles. The number of carbonyl (C=O) groups excluding carboxylic acids is 2. The molecule has 0 saturated carbocycles. The summed E-state index contributed by atoms with van der Waals surface area (Å²) in [5, 5.41) is 22.3. The number of Topliss-reactive ketones (excluding diaryl/α,β-unsaturated/α-hetero) is 1. The molecule has 1 aliphatic heterocycles. The van der Waals surface area contributed by atoms with Crippen molar-refractivity contribution in [2.45, 2.75) is 26.8 Å². The molecule has 1 aliphatic rings. The molecule has 3 aromatic rings. The van der Waals surface area contributed by atoms with Gasteiger partial charge in [0.25, 0.3) is 17.4 Å². The molecule has 0 aromatic heterocycles. The molecular formula is C28H26N2O7. The molecule has 9 nitrogen and oxygen atoms in total. The van der Waals surface area contributed by atoms with E-state index in [0.717, 1.165) is 11.1 Å². The lowest BCUT2D eigenvalue weighted by Crippen LogP contribution is -2.29. The number of nitrogens with zero attached hydrogens (tertiary/aromatic N) is 2. The van der Waals surface area contributed by atoms with Crippen molar-refractivity contribution in [1.82, 2.24) is 0 Å². The fourth-order valence-electron chi connectivity index (χ4n) is 4.32. The third kappa shape index (κ3) is 4.63. The van der Waals surface area contributed by atoms with Gasteiger partial charge in [-0.15, -0.1) is 0 Å². The predicted octanol–water partition coefficient (Wildman–Crippen LogP) is 5.25. The number of benzene rings is 3. The Hall–Kier alpha value is -4.66. The maximum atomic E-state index is 13.4. The summed E-state index contributed by atoms with van der Waals surface area (Å²) < 4.78 is 11.1. The van der Waals surface area contributed by atoms with E-state index < -0.39 is 28.4 Å². The number of carbonyl (C=O) groups is 2. The molecule has 1 unspecified atom stereocenters. The number of aryl methyl sites for hydroxylation is 2. The van der Waals surface area contributed by atoms with Crippen LogP contribution in [0.4, 0.5) is 11.4 Å². The Balaban J connectivity index is 1.95. The van der Waals surface area contributed by atoms with Crippen LogP contribution >= 0.6 is 0 Å². The van der Waals surface area contributed by atoms with Crippen LogP contribution in [-0.2, 0) is 9.59 Å². The highest BCUT2D eigenvalue weighted by Gasteiger charge is 2.47. The number of aliphatic hydroxyl groups excluding tert-OH is 1. The van der Waals surface area contributed by atoms with Gasteiger partial charge in [0, 0.05) is 23.4 Å². The van der Waals surface area contributed by atoms with Gasteiger partial charge in [-0.3, -0.25) is 24.6 Å². The van der Waals surface area contributed by atoms with Crippen molar-refractivity contribution >= 4 is 28.8 Å². The van der Waals surface area contributed by atoms with E-state index in [1.54, 1.807) is 24.3 Å². The first-order chi connectivity index (χ1) is 17.7. The second kappa shape index (κ2) is 10.1. The van der Waals surface area contributed by atoms with Gasteiger partial charge in [-0.05, 0) is 73.9 Å². The van der Waals surface area contributed by atoms with Crippen LogP contribution in [0.1, 0.15) is 35.2 Å². The van der Waals surface area contributed by atoms with Crippen molar-refractivity contribution in [2.75, 3.05) is 18.6 Å². The maximum Gasteiger partial charge on any atom is 0.300 e. The summed E-state index contributed by atoms with van der Waals surface area (Å²) in [6.45, 7) is 6.03. The third-order valence-corrected chi connectivity index (χ3v) is 6.37. The van der Waals surface area contributed by atoms with Gasteiger partial charge >= 0.3 is 0 Å². The predicted molar refractivity (Wildman–Crippen MR) is 138 cm³/mol. The molecule has 190 valence electrons. The third-order valence-electron chi connectivity index (χ3n) is 6.37. The minimum Gasteiger partial charge on any atom is -0.507 e. The van der Waals surface area contributed by atoms with Crippen molar-refractivity contribution < 1.29 is 29.1 Å². The Morgan fingerprint density at radius 1 is 1.00 bits per heavy atom. The summed E-state index contributed by atoms with van der Waals surface area (Å²) >= 11 is 0. The van der Waals surface area contributed by atoms with Gasteiger partial charge in [0.15, 0.2) is 11.5 Å². The second-order valence-corrected chi connectivity index (χ2v) is 8.58. The topological polar surface area (TPSA) is 119 Å². The number of non-ortho nitro benzene ring substituents is 1. The van der Waals surface area contributed by atoms with Gasteiger partial charge in [0.1, 0.15) is 5.76 Å². The van der Waals surface area contributed by atoms with E-state index in [9.17, 15) is 24.8 Å². The highest BCUT2D eigenvalue weighted by Crippen LogP contribution is 2.44. The number of nitro groups is 1. The van der Waals surface area contributed by atoms with Gasteiger partial charge in [0.05, 0.1) is 30.3 Å². The minimum absolute atomic E-state index is 0.135. The molecule has 9 heteroatoms. The summed E-state index contributed by atoms with van der Waals surface area (Å²) in [6, 6.07) is 14.6. The summed E-state index contributed by atoms with van der Waals surface area (Å²) in [4.78, 5) is 38.6. The van der Waals surface area contributed by atoms with E-state index in [1.165, 1.54) is 36.3 Å². The van der Waals surface area contributed by atoms with Crippen LogP contribution < -0.4 is 14.4 Å². The van der Waals surface area contributed by atoms with Gasteiger partial charge in [-0.25, -0.2) is 0 Å². The number of anilines is 1. The molecule has 1 fully saturated rings. The average molecular weight is 503 g/mol. The quantitative estimate of drug-likeness (QED) is 0.154. The number of ketones is 1. The van der Waals surface area contributed by atoms with E-state index in [1.807, 2.05) is 32.9 Å². The number of amides is 1. The zero-order valence-electron chi connectivity index (χ0n) is 20.8. The first-order valence-electron chi connectivity index (χ1n) is 11.6. The average Bonchev–Trinajstić information content (AvgIpc) is 3.15. The van der Waals surface area contributed by atoms with E-state index >= 15 is 0 Å². The van der Waals surface area contributed by atoms with E-state index in [0.29, 0.717) is 29.4 Å². The maximum absolute atomic E-state index is 13.4. The zero-order valence-corrected chi connectivity index (χ0v) is 20.8. The molecule has 37 heavy (non-hydrogen) atoms. The molecule has 0 aliphatic carbocycles. The number of hydrogen-bond donors (Lipinski definition) is 1. The van der Waals surface area contributed by atoms with E-state index in [4.69, 9.17) is 9.47 Å². The number of nitro benzene ring substituents is 1. The van der Waals surface area contributed by atoms with Crippen molar-refractivity contribution in [2.24, 2.45) is 0 Å². The summed E-state index contributed by atoms with van der Waals surface area (Å²) in [6.07, 6.45) is 0. The number of rotatable bonds is 7. The molecule has 0 bridgehead atoms. The standard InChI is InChI=1S/C28H26N2O7/c1-5-37-23-15-19(9-13-22(23)36-4)25-24(26(31)18-7-11-20(12-8-18)30(34)35)27(32)28(33)29(25)21-10-6-16(2)17(3)14-21/h6-15,25,31H,5H2,1-4H3/b26-24+. The lowest BCUT2D eigenvalue weighted by atomic mass is 9.94. The van der Waals surface area contributed by atoms with E-state index in [2.05, 4.69) is 0 Å². The second-order valence-electron chi connectivity index (χ2n) is 8.58. The fraction of sp³-hybridized carbons (Fsp3) is 0.214. The van der Waals surface area contributed by atoms with Crippen molar-refractivity contribution in [3.05, 3.63) is 98.6 Å². The van der Waals surface area contributed by atoms with Gasteiger partial charge in [-0.2, -0.15) is 0 Å². The minimum atomic E-state index is -0.984. The SMILES string of the molecule is CCOc1cc(C2/C(=C(\O)c3ccc([N+](=O)[O-])cc3)C(=O)C(=O)N2c2ccc(C)c(C)c2)ccc1OC. The monoisotopic (exact) mass is 502 g/mol. The van der Waals surface area contributed by atoms with Crippen molar-refractivity contribution in [3.63, 3.8) is 0 Å². The number of ether oxygens (including phenoxy) is 2. The van der Waals surface area contributed by atoms with Gasteiger partial charge in [0.2, 0.25) is 0 Å². The molecule has 0 radical (unpaired) electrons. The Kier molecular flexibility index (Phi) is 6.97. The van der Waals surface area contributed by atoms with Crippen LogP contribution in [0.15, 0.2) is 66.2 Å². The molecule has 4 rings (SSSR count). The molecule has 3 aromatic carbocycles. The molecule has 1 saturated heterocycles. The first-order valence-corrected chi connectivity index (χ1v) is 11.6. The highest BCUT2D eigenvalue weighted by atomic mass is 16.6. The van der Waals surface area contributed by atoms with Crippen LogP contribution in [0.25, 0.3) is 5.76 Å². The summed E-state index contributed by atoms with van der Waals surface area (Å²) in [7, 11) is 1.51. The van der Waals surface area contributed by atoms with Crippen molar-refractivity contribution in [3.8, 4) is 11.5 Å². The van der Waals surface area contributed by atoms with Crippen LogP contribution in [0.3, 0.4) is 0 Å². The fourth-order valence-corrected chi connectivity index (χ4v) is 4.32. The molecule has 1 atom stereocenters. The lowest BCUT2D eigenvalue weighted by Gasteiger charge is -2.26. The molecule has 1 amide bonds. The van der Waals surface area contributed by atoms with E-state index in [-0.39, 0.29) is 16.8 Å². The normalized spacial score (nSPS) is 16.6. The number of hydrogen-bond acceptors (Lipinski definition) is 7. The summed E-state index contributed by atoms with van der Waals surface area (Å²) in [5.74, 6) is -1.20.